The molecule has 1 aromatic heterocycles. The summed E-state index contributed by atoms with van der Waals surface area (Å²) in [6.07, 6.45) is 3.13. The van der Waals surface area contributed by atoms with Crippen LogP contribution >= 0.6 is 0 Å². The van der Waals surface area contributed by atoms with Crippen LogP contribution in [0.5, 0.6) is 11.5 Å². The lowest BCUT2D eigenvalue weighted by Gasteiger charge is -2.12. The highest BCUT2D eigenvalue weighted by molar-refractivity contribution is 5.42. The van der Waals surface area contributed by atoms with Crippen LogP contribution < -0.4 is 9.47 Å². The largest absolute Gasteiger partial charge is 0.490 e. The van der Waals surface area contributed by atoms with Gasteiger partial charge in [0.15, 0.2) is 11.5 Å². The van der Waals surface area contributed by atoms with Crippen molar-refractivity contribution in [2.24, 2.45) is 0 Å². The molecular formula is C13H15NO4. The first kappa shape index (κ1) is 12.4. The van der Waals surface area contributed by atoms with Crippen molar-refractivity contribution in [2.45, 2.75) is 20.1 Å². The zero-order valence-corrected chi connectivity index (χ0v) is 10.1. The topological polar surface area (TPSA) is 64.7 Å². The Morgan fingerprint density at radius 2 is 2.11 bits per heavy atom. The molecule has 1 N–H and O–H groups in total. The first-order chi connectivity index (χ1) is 8.83. The van der Waals surface area contributed by atoms with Gasteiger partial charge in [-0.25, -0.2) is 0 Å². The summed E-state index contributed by atoms with van der Waals surface area (Å²) in [6.45, 7) is 2.78. The van der Waals surface area contributed by atoms with Crippen LogP contribution in [0, 0.1) is 0 Å². The maximum atomic E-state index is 9.08. The van der Waals surface area contributed by atoms with Crippen LogP contribution in [-0.4, -0.2) is 16.9 Å². The molecule has 96 valence electrons. The van der Waals surface area contributed by atoms with Gasteiger partial charge in [0.25, 0.3) is 0 Å². The third-order valence-electron chi connectivity index (χ3n) is 2.37. The number of aliphatic hydroxyl groups is 1. The van der Waals surface area contributed by atoms with Gasteiger partial charge in [0.1, 0.15) is 12.9 Å². The summed E-state index contributed by atoms with van der Waals surface area (Å²) >= 11 is 0. The Morgan fingerprint density at radius 1 is 1.22 bits per heavy atom. The van der Waals surface area contributed by atoms with Crippen molar-refractivity contribution < 1.29 is 19.1 Å². The molecular weight excluding hydrogens is 234 g/mol. The molecule has 1 aromatic carbocycles. The second-order valence-corrected chi connectivity index (χ2v) is 3.69. The lowest BCUT2D eigenvalue weighted by atomic mass is 10.2. The van der Waals surface area contributed by atoms with E-state index in [4.69, 9.17) is 19.1 Å². The van der Waals surface area contributed by atoms with E-state index in [1.54, 1.807) is 24.4 Å². The highest BCUT2D eigenvalue weighted by atomic mass is 16.5. The van der Waals surface area contributed by atoms with Crippen LogP contribution in [0.4, 0.5) is 0 Å². The molecule has 0 radical (unpaired) electrons. The number of ether oxygens (including phenoxy) is 2. The fourth-order valence-corrected chi connectivity index (χ4v) is 1.50. The van der Waals surface area contributed by atoms with Gasteiger partial charge in [0.05, 0.1) is 19.4 Å². The minimum Gasteiger partial charge on any atom is -0.490 e. The van der Waals surface area contributed by atoms with E-state index >= 15 is 0 Å². The van der Waals surface area contributed by atoms with Crippen LogP contribution in [0.3, 0.4) is 0 Å². The molecule has 18 heavy (non-hydrogen) atoms. The summed E-state index contributed by atoms with van der Waals surface area (Å²) in [4.78, 5) is 0. The maximum absolute atomic E-state index is 9.08. The molecule has 0 aliphatic carbocycles. The van der Waals surface area contributed by atoms with Gasteiger partial charge in [-0.1, -0.05) is 11.2 Å². The highest BCUT2D eigenvalue weighted by Crippen LogP contribution is 2.29. The van der Waals surface area contributed by atoms with Gasteiger partial charge < -0.3 is 19.1 Å². The molecule has 0 bridgehead atoms. The molecule has 0 saturated heterocycles. The number of benzene rings is 1. The van der Waals surface area contributed by atoms with E-state index in [1.807, 2.05) is 6.92 Å². The summed E-state index contributed by atoms with van der Waals surface area (Å²) in [7, 11) is 0. The fraction of sp³-hybridized carbons (Fsp3) is 0.308. The van der Waals surface area contributed by atoms with Crippen LogP contribution in [0.1, 0.15) is 18.1 Å². The predicted octanol–water partition coefficient (Wildman–Crippen LogP) is 2.14. The lowest BCUT2D eigenvalue weighted by Crippen LogP contribution is -2.00. The Bertz CT molecular complexity index is 482. The monoisotopic (exact) mass is 249 g/mol. The number of aromatic nitrogens is 1. The molecule has 0 atom stereocenters. The van der Waals surface area contributed by atoms with E-state index in [2.05, 4.69) is 5.16 Å². The maximum Gasteiger partial charge on any atom is 0.161 e. The van der Waals surface area contributed by atoms with E-state index in [-0.39, 0.29) is 6.61 Å². The van der Waals surface area contributed by atoms with Gasteiger partial charge in [-0.15, -0.1) is 0 Å². The molecule has 0 spiro atoms. The van der Waals surface area contributed by atoms with Crippen LogP contribution in [0.15, 0.2) is 35.2 Å². The third kappa shape index (κ3) is 3.01. The summed E-state index contributed by atoms with van der Waals surface area (Å²) in [5.74, 6) is 1.26. The molecule has 0 aliphatic heterocycles. The quantitative estimate of drug-likeness (QED) is 0.849. The van der Waals surface area contributed by atoms with Crippen molar-refractivity contribution in [3.63, 3.8) is 0 Å². The van der Waals surface area contributed by atoms with Crippen LogP contribution in [0.25, 0.3) is 0 Å². The second kappa shape index (κ2) is 6.07. The molecule has 0 fully saturated rings. The Hall–Kier alpha value is -2.01. The summed E-state index contributed by atoms with van der Waals surface area (Å²) in [5, 5.41) is 12.7. The molecule has 0 saturated carbocycles. The van der Waals surface area contributed by atoms with Gasteiger partial charge in [-0.3, -0.25) is 0 Å². The minimum atomic E-state index is -0.0218. The summed E-state index contributed by atoms with van der Waals surface area (Å²) in [5.41, 5.74) is 1.64. The van der Waals surface area contributed by atoms with Crippen LogP contribution in [-0.2, 0) is 13.2 Å². The van der Waals surface area contributed by atoms with E-state index < -0.39 is 0 Å². The summed E-state index contributed by atoms with van der Waals surface area (Å²) in [6, 6.07) is 5.35. The molecule has 1 heterocycles. The molecule has 0 amide bonds. The Balaban J connectivity index is 2.10. The third-order valence-corrected chi connectivity index (χ3v) is 2.37. The van der Waals surface area contributed by atoms with Crippen LogP contribution in [0.2, 0.25) is 0 Å². The minimum absolute atomic E-state index is 0.0218. The van der Waals surface area contributed by atoms with Crippen molar-refractivity contribution >= 4 is 0 Å². The van der Waals surface area contributed by atoms with Gasteiger partial charge in [-0.05, 0) is 24.6 Å². The first-order valence-corrected chi connectivity index (χ1v) is 5.71. The predicted molar refractivity (Wildman–Crippen MR) is 64.4 cm³/mol. The van der Waals surface area contributed by atoms with E-state index in [1.165, 1.54) is 6.26 Å². The van der Waals surface area contributed by atoms with Crippen molar-refractivity contribution in [3.05, 3.63) is 41.8 Å². The van der Waals surface area contributed by atoms with Gasteiger partial charge in [0.2, 0.25) is 0 Å². The Kier molecular flexibility index (Phi) is 4.20. The number of nitrogens with zero attached hydrogens (tertiary/aromatic N) is 1. The van der Waals surface area contributed by atoms with Crippen molar-refractivity contribution in [3.8, 4) is 11.5 Å². The molecule has 0 aliphatic rings. The molecule has 2 aromatic rings. The van der Waals surface area contributed by atoms with Crippen molar-refractivity contribution in [1.82, 2.24) is 5.16 Å². The highest BCUT2D eigenvalue weighted by Gasteiger charge is 2.07. The number of hydrogen-bond acceptors (Lipinski definition) is 5. The number of hydrogen-bond donors (Lipinski definition) is 1. The lowest BCUT2D eigenvalue weighted by molar-refractivity contribution is 0.263. The standard InChI is InChI=1S/C13H15NO4/c1-2-16-13-5-10(7-15)3-4-12(13)17-8-11-6-14-18-9-11/h3-6,9,15H,2,7-8H2,1H3. The average Bonchev–Trinajstić information content (AvgIpc) is 2.90. The zero-order chi connectivity index (χ0) is 12.8. The zero-order valence-electron chi connectivity index (χ0n) is 10.1. The fourth-order valence-electron chi connectivity index (χ4n) is 1.50. The number of aliphatic hydroxyl groups excluding tert-OH is 1. The molecule has 0 unspecified atom stereocenters. The smallest absolute Gasteiger partial charge is 0.161 e. The molecule has 5 heteroatoms. The van der Waals surface area contributed by atoms with E-state index in [9.17, 15) is 0 Å². The van der Waals surface area contributed by atoms with Crippen molar-refractivity contribution in [1.29, 1.82) is 0 Å². The Morgan fingerprint density at radius 3 is 2.78 bits per heavy atom. The number of rotatable bonds is 6. The van der Waals surface area contributed by atoms with Crippen molar-refractivity contribution in [2.75, 3.05) is 6.61 Å². The normalized spacial score (nSPS) is 10.3. The first-order valence-electron chi connectivity index (χ1n) is 5.71. The van der Waals surface area contributed by atoms with Gasteiger partial charge >= 0.3 is 0 Å². The van der Waals surface area contributed by atoms with Gasteiger partial charge in [0, 0.05) is 5.56 Å². The average molecular weight is 249 g/mol. The molecule has 5 nitrogen and oxygen atoms in total. The Labute approximate surface area is 105 Å². The van der Waals surface area contributed by atoms with Gasteiger partial charge in [-0.2, -0.15) is 0 Å². The van der Waals surface area contributed by atoms with E-state index in [0.717, 1.165) is 11.1 Å². The molecule has 2 rings (SSSR count). The van der Waals surface area contributed by atoms with E-state index in [0.29, 0.717) is 24.7 Å². The SMILES string of the molecule is CCOc1cc(CO)ccc1OCc1cnoc1. The second-order valence-electron chi connectivity index (χ2n) is 3.69. The summed E-state index contributed by atoms with van der Waals surface area (Å²) < 4.78 is 15.8.